The highest BCUT2D eigenvalue weighted by Crippen LogP contribution is 2.29. The van der Waals surface area contributed by atoms with Crippen molar-refractivity contribution in [1.82, 2.24) is 4.90 Å². The van der Waals surface area contributed by atoms with Crippen molar-refractivity contribution in [3.8, 4) is 0 Å². The molecule has 76 valence electrons. The lowest BCUT2D eigenvalue weighted by atomic mass is 10.2. The number of hydrogen-bond acceptors (Lipinski definition) is 2. The van der Waals surface area contributed by atoms with Crippen LogP contribution in [0, 0.1) is 0 Å². The van der Waals surface area contributed by atoms with E-state index in [0.29, 0.717) is 0 Å². The molecule has 0 saturated heterocycles. The summed E-state index contributed by atoms with van der Waals surface area (Å²) >= 11 is 5.30. The molecular formula is C10H12BrNOS. The van der Waals surface area contributed by atoms with Crippen LogP contribution in [0.3, 0.4) is 0 Å². The van der Waals surface area contributed by atoms with Crippen LogP contribution in [0.4, 0.5) is 0 Å². The summed E-state index contributed by atoms with van der Waals surface area (Å²) in [5.41, 5.74) is 1.41. The topological polar surface area (TPSA) is 20.3 Å². The molecule has 0 aliphatic carbocycles. The Labute approximate surface area is 96.0 Å². The van der Waals surface area contributed by atoms with Crippen molar-refractivity contribution in [3.05, 3.63) is 20.3 Å². The molecule has 0 spiro atoms. The van der Waals surface area contributed by atoms with E-state index in [1.807, 2.05) is 4.90 Å². The molecular weight excluding hydrogens is 262 g/mol. The zero-order valence-electron chi connectivity index (χ0n) is 8.05. The Morgan fingerprint density at radius 2 is 2.21 bits per heavy atom. The number of thiophene rings is 1. The van der Waals surface area contributed by atoms with Crippen molar-refractivity contribution < 1.29 is 4.79 Å². The highest BCUT2D eigenvalue weighted by molar-refractivity contribution is 9.11. The van der Waals surface area contributed by atoms with Crippen molar-refractivity contribution in [3.63, 3.8) is 0 Å². The predicted octanol–water partition coefficient (Wildman–Crippen LogP) is 2.46. The van der Waals surface area contributed by atoms with Crippen molar-refractivity contribution in [2.24, 2.45) is 0 Å². The van der Waals surface area contributed by atoms with Gasteiger partial charge in [0.05, 0.1) is 3.79 Å². The Kier molecular flexibility index (Phi) is 2.93. The van der Waals surface area contributed by atoms with E-state index in [0.717, 1.165) is 25.9 Å². The summed E-state index contributed by atoms with van der Waals surface area (Å²) in [6.07, 6.45) is 2.00. The Bertz CT molecular complexity index is 336. The molecule has 0 bridgehead atoms. The van der Waals surface area contributed by atoms with Gasteiger partial charge >= 0.3 is 0 Å². The summed E-state index contributed by atoms with van der Waals surface area (Å²) in [6, 6.07) is 2.18. The fraction of sp³-hybridized carbons (Fsp3) is 0.500. The van der Waals surface area contributed by atoms with E-state index in [1.54, 1.807) is 18.3 Å². The highest BCUT2D eigenvalue weighted by atomic mass is 79.9. The molecule has 2 heterocycles. The summed E-state index contributed by atoms with van der Waals surface area (Å²) < 4.78 is 1.21. The van der Waals surface area contributed by atoms with Crippen molar-refractivity contribution >= 4 is 33.2 Å². The Morgan fingerprint density at radius 3 is 2.93 bits per heavy atom. The first-order valence-corrected chi connectivity index (χ1v) is 6.30. The van der Waals surface area contributed by atoms with E-state index in [9.17, 15) is 4.79 Å². The van der Waals surface area contributed by atoms with Gasteiger partial charge in [0, 0.05) is 24.9 Å². The largest absolute Gasteiger partial charge is 0.342 e. The molecule has 0 radical (unpaired) electrons. The molecule has 14 heavy (non-hydrogen) atoms. The maximum Gasteiger partial charge on any atom is 0.219 e. The number of fused-ring (bicyclic) bond motifs is 1. The molecule has 0 unspecified atom stereocenters. The van der Waals surface area contributed by atoms with Gasteiger partial charge in [-0.2, -0.15) is 0 Å². The third-order valence-electron chi connectivity index (χ3n) is 2.57. The van der Waals surface area contributed by atoms with Crippen LogP contribution < -0.4 is 0 Å². The first-order valence-electron chi connectivity index (χ1n) is 4.69. The summed E-state index contributed by atoms with van der Waals surface area (Å²) in [5.74, 6) is 0.194. The molecule has 1 aliphatic rings. The normalized spacial score (nSPS) is 16.3. The smallest absolute Gasteiger partial charge is 0.219 e. The van der Waals surface area contributed by atoms with Gasteiger partial charge in [0.1, 0.15) is 0 Å². The van der Waals surface area contributed by atoms with Gasteiger partial charge in [-0.25, -0.2) is 0 Å². The van der Waals surface area contributed by atoms with Gasteiger partial charge < -0.3 is 4.90 Å². The van der Waals surface area contributed by atoms with Gasteiger partial charge in [-0.15, -0.1) is 11.3 Å². The van der Waals surface area contributed by atoms with E-state index in [-0.39, 0.29) is 5.91 Å². The second-order valence-electron chi connectivity index (χ2n) is 3.50. The lowest BCUT2D eigenvalue weighted by Gasteiger charge is -2.17. The number of amides is 1. The van der Waals surface area contributed by atoms with Gasteiger partial charge in [-0.1, -0.05) is 0 Å². The molecule has 1 aliphatic heterocycles. The fourth-order valence-electron chi connectivity index (χ4n) is 1.77. The van der Waals surface area contributed by atoms with Crippen LogP contribution in [0.25, 0.3) is 0 Å². The third kappa shape index (κ3) is 2.01. The van der Waals surface area contributed by atoms with Crippen molar-refractivity contribution in [2.75, 3.05) is 13.1 Å². The number of hydrogen-bond donors (Lipinski definition) is 0. The molecule has 2 rings (SSSR count). The van der Waals surface area contributed by atoms with Crippen LogP contribution in [-0.4, -0.2) is 23.9 Å². The Balaban J connectivity index is 2.15. The summed E-state index contributed by atoms with van der Waals surface area (Å²) in [6.45, 7) is 3.39. The van der Waals surface area contributed by atoms with E-state index in [2.05, 4.69) is 22.0 Å². The van der Waals surface area contributed by atoms with Crippen LogP contribution in [0.2, 0.25) is 0 Å². The first-order chi connectivity index (χ1) is 6.66. The first kappa shape index (κ1) is 10.2. The molecule has 0 aromatic carbocycles. The second-order valence-corrected chi connectivity index (χ2v) is 6.02. The quantitative estimate of drug-likeness (QED) is 0.711. The lowest BCUT2D eigenvalue weighted by Crippen LogP contribution is -2.30. The number of rotatable bonds is 0. The molecule has 0 saturated carbocycles. The van der Waals surface area contributed by atoms with Crippen LogP contribution in [-0.2, 0) is 17.6 Å². The molecule has 2 nitrogen and oxygen atoms in total. The van der Waals surface area contributed by atoms with Gasteiger partial charge in [0.15, 0.2) is 0 Å². The average molecular weight is 274 g/mol. The molecule has 0 fully saturated rings. The van der Waals surface area contributed by atoms with Crippen LogP contribution in [0.5, 0.6) is 0 Å². The standard InChI is InChI=1S/C10H12BrNOS/c1-7(13)12-4-2-8-6-10(11)14-9(8)3-5-12/h6H,2-5H2,1H3. The van der Waals surface area contributed by atoms with Crippen LogP contribution >= 0.6 is 27.3 Å². The minimum atomic E-state index is 0.194. The Morgan fingerprint density at radius 1 is 1.50 bits per heavy atom. The van der Waals surface area contributed by atoms with Gasteiger partial charge in [0.25, 0.3) is 0 Å². The number of nitrogens with zero attached hydrogens (tertiary/aromatic N) is 1. The molecule has 1 aromatic heterocycles. The van der Waals surface area contributed by atoms with Gasteiger partial charge in [0.2, 0.25) is 5.91 Å². The van der Waals surface area contributed by atoms with E-state index in [1.165, 1.54) is 14.2 Å². The number of carbonyl (C=O) groups is 1. The number of halogens is 1. The summed E-state index contributed by atoms with van der Waals surface area (Å²) in [5, 5.41) is 0. The van der Waals surface area contributed by atoms with Crippen molar-refractivity contribution in [2.45, 2.75) is 19.8 Å². The Hall–Kier alpha value is -0.350. The van der Waals surface area contributed by atoms with E-state index in [4.69, 9.17) is 0 Å². The zero-order valence-corrected chi connectivity index (χ0v) is 10.4. The van der Waals surface area contributed by atoms with Crippen molar-refractivity contribution in [1.29, 1.82) is 0 Å². The van der Waals surface area contributed by atoms with E-state index >= 15 is 0 Å². The average Bonchev–Trinajstić information content (AvgIpc) is 2.34. The summed E-state index contributed by atoms with van der Waals surface area (Å²) in [4.78, 5) is 14.6. The SMILES string of the molecule is CC(=O)N1CCc2cc(Br)sc2CC1. The molecule has 1 aromatic rings. The van der Waals surface area contributed by atoms with Gasteiger partial charge in [-0.05, 0) is 40.4 Å². The molecule has 0 N–H and O–H groups in total. The molecule has 1 amide bonds. The zero-order chi connectivity index (χ0) is 10.1. The van der Waals surface area contributed by atoms with Crippen LogP contribution in [0.1, 0.15) is 17.4 Å². The second kappa shape index (κ2) is 4.03. The van der Waals surface area contributed by atoms with Gasteiger partial charge in [-0.3, -0.25) is 4.79 Å². The highest BCUT2D eigenvalue weighted by Gasteiger charge is 2.17. The minimum Gasteiger partial charge on any atom is -0.342 e. The lowest BCUT2D eigenvalue weighted by molar-refractivity contribution is -0.128. The molecule has 0 atom stereocenters. The maximum absolute atomic E-state index is 11.2. The fourth-order valence-corrected chi connectivity index (χ4v) is 3.56. The monoisotopic (exact) mass is 273 g/mol. The minimum absolute atomic E-state index is 0.194. The summed E-state index contributed by atoms with van der Waals surface area (Å²) in [7, 11) is 0. The third-order valence-corrected chi connectivity index (χ3v) is 4.31. The number of carbonyl (C=O) groups excluding carboxylic acids is 1. The maximum atomic E-state index is 11.2. The molecule has 4 heteroatoms. The van der Waals surface area contributed by atoms with Crippen LogP contribution in [0.15, 0.2) is 9.85 Å². The van der Waals surface area contributed by atoms with E-state index < -0.39 is 0 Å². The predicted molar refractivity (Wildman–Crippen MR) is 61.7 cm³/mol.